The number of carbonyl (C=O) groups is 1. The van der Waals surface area contributed by atoms with Crippen molar-refractivity contribution in [3.63, 3.8) is 0 Å². The van der Waals surface area contributed by atoms with Crippen molar-refractivity contribution in [1.29, 1.82) is 0 Å². The fourth-order valence-electron chi connectivity index (χ4n) is 4.46. The monoisotopic (exact) mass is 568 g/mol. The Kier molecular flexibility index (Phi) is 10.0. The summed E-state index contributed by atoms with van der Waals surface area (Å²) in [5, 5.41) is 26.0. The number of ether oxygens (including phenoxy) is 3. The van der Waals surface area contributed by atoms with Gasteiger partial charge in [0.2, 0.25) is 6.29 Å². The van der Waals surface area contributed by atoms with Crippen LogP contribution < -0.4 is 15.8 Å². The third-order valence-corrected chi connectivity index (χ3v) is 6.76. The van der Waals surface area contributed by atoms with Crippen molar-refractivity contribution in [3.8, 4) is 36.2 Å². The first-order chi connectivity index (χ1) is 19.5. The average Bonchev–Trinajstić information content (AvgIpc) is 2.92. The fraction of sp³-hybridized carbons (Fsp3) is 0.414. The number of aliphatic hydroxyl groups is 1. The molecular weight excluding hydrogens is 536 g/mol. The number of aliphatic hydroxyl groups excluding tert-OH is 1. The molecule has 1 amide bonds. The molecule has 0 radical (unpaired) electrons. The van der Waals surface area contributed by atoms with Gasteiger partial charge in [0.25, 0.3) is 0 Å². The number of rotatable bonds is 10. The molecule has 12 nitrogen and oxygen atoms in total. The van der Waals surface area contributed by atoms with Gasteiger partial charge in [0.05, 0.1) is 16.7 Å². The lowest BCUT2D eigenvalue weighted by atomic mass is 9.79. The van der Waals surface area contributed by atoms with E-state index in [-0.39, 0.29) is 47.0 Å². The Morgan fingerprint density at radius 1 is 1.32 bits per heavy atom. The number of hydrogen-bond acceptors (Lipinski definition) is 11. The van der Waals surface area contributed by atoms with Crippen molar-refractivity contribution in [2.45, 2.75) is 58.2 Å². The summed E-state index contributed by atoms with van der Waals surface area (Å²) in [5.41, 5.74) is 0.480. The Bertz CT molecular complexity index is 1470. The molecule has 0 aliphatic carbocycles. The minimum absolute atomic E-state index is 0.0384. The lowest BCUT2D eigenvalue weighted by Crippen LogP contribution is -2.62. The molecule has 1 aromatic heterocycles. The van der Waals surface area contributed by atoms with Gasteiger partial charge in [0.15, 0.2) is 12.7 Å². The van der Waals surface area contributed by atoms with E-state index in [0.717, 1.165) is 0 Å². The first kappa shape index (κ1) is 31.0. The lowest BCUT2D eigenvalue weighted by Gasteiger charge is -2.48. The molecule has 0 bridgehead atoms. The van der Waals surface area contributed by atoms with E-state index in [1.165, 1.54) is 19.1 Å². The summed E-state index contributed by atoms with van der Waals surface area (Å²) in [7, 11) is 0. The largest absolute Gasteiger partial charge is 0.506 e. The zero-order valence-electron chi connectivity index (χ0n) is 23.1. The summed E-state index contributed by atoms with van der Waals surface area (Å²) in [4.78, 5) is 34.8. The second-order valence-corrected chi connectivity index (χ2v) is 9.49. The molecule has 1 unspecified atom stereocenters. The van der Waals surface area contributed by atoms with Gasteiger partial charge in [-0.15, -0.1) is 19.4 Å². The number of carbonyl (C=O) groups excluding carboxylic acids is 1. The second-order valence-electron chi connectivity index (χ2n) is 9.49. The van der Waals surface area contributed by atoms with Gasteiger partial charge in [-0.1, -0.05) is 30.0 Å². The van der Waals surface area contributed by atoms with E-state index in [0.29, 0.717) is 12.0 Å². The molecule has 1 aliphatic rings. The van der Waals surface area contributed by atoms with Gasteiger partial charge < -0.3 is 33.7 Å². The van der Waals surface area contributed by atoms with Gasteiger partial charge >= 0.3 is 11.7 Å². The third-order valence-electron chi connectivity index (χ3n) is 6.76. The minimum Gasteiger partial charge on any atom is -0.506 e. The van der Waals surface area contributed by atoms with E-state index in [9.17, 15) is 19.8 Å². The van der Waals surface area contributed by atoms with Crippen LogP contribution in [0.25, 0.3) is 11.0 Å². The Morgan fingerprint density at radius 2 is 2.02 bits per heavy atom. The number of amides is 1. The summed E-state index contributed by atoms with van der Waals surface area (Å²) in [6.07, 6.45) is 7.40. The highest BCUT2D eigenvalue weighted by Crippen LogP contribution is 2.41. The van der Waals surface area contributed by atoms with Gasteiger partial charge in [0, 0.05) is 11.5 Å². The van der Waals surface area contributed by atoms with Crippen molar-refractivity contribution in [2.75, 3.05) is 13.2 Å². The molecule has 3 rings (SSSR count). The van der Waals surface area contributed by atoms with Crippen LogP contribution in [0.5, 0.6) is 11.5 Å². The zero-order chi connectivity index (χ0) is 30.3. The smallest absolute Gasteiger partial charge is 0.431 e. The van der Waals surface area contributed by atoms with Crippen molar-refractivity contribution < 1.29 is 43.3 Å². The number of aryl methyl sites for hydroxylation is 1. The molecule has 0 spiro atoms. The molecule has 3 N–H and O–H groups in total. The number of nitrogens with zero attached hydrogens (tertiary/aromatic N) is 1. The van der Waals surface area contributed by atoms with Crippen LogP contribution in [0.4, 0.5) is 4.79 Å². The van der Waals surface area contributed by atoms with Crippen LogP contribution in [-0.4, -0.2) is 59.3 Å². The Morgan fingerprint density at radius 3 is 2.68 bits per heavy atom. The van der Waals surface area contributed by atoms with Gasteiger partial charge in [-0.25, -0.2) is 9.59 Å². The van der Waals surface area contributed by atoms with Crippen LogP contribution in [0.2, 0.25) is 0 Å². The highest BCUT2D eigenvalue weighted by atomic mass is 16.7. The normalized spacial score (nSPS) is 24.1. The minimum atomic E-state index is -1.44. The van der Waals surface area contributed by atoms with E-state index in [1.807, 2.05) is 0 Å². The van der Waals surface area contributed by atoms with Crippen molar-refractivity contribution in [2.24, 2.45) is 11.1 Å². The van der Waals surface area contributed by atoms with E-state index in [2.05, 4.69) is 29.1 Å². The van der Waals surface area contributed by atoms with Gasteiger partial charge in [-0.3, -0.25) is 4.84 Å². The summed E-state index contributed by atoms with van der Waals surface area (Å²) in [6.45, 7) is 10.1. The standard InChI is InChI=1S/C29H32N2O10/c1-8-13-29(7)17(5)25(40-28(35)31-37-15-10-3)23(33)27(41-29)38-20-12-11-19-22(32)21(18(6)30-36-14-9-2)26(34)39-24(19)16(20)4/h2-3,8,11-12,17,23,25,27,32-33H,1,13-15H2,4-7H3,(H,31,35)/b30-18-/t17-,23-,25-,27?,29+/m1/s1. The SMILES string of the molecule is C#CCO/N=C(/C)c1c(O)c2ccc(OC3O[C@@](C)(CC=C)[C@H](C)[C@@H](OC(=O)NOCC#C)[C@H]3O)c(C)c2oc1=O. The maximum Gasteiger partial charge on any atom is 0.431 e. The van der Waals surface area contributed by atoms with E-state index >= 15 is 0 Å². The zero-order valence-corrected chi connectivity index (χ0v) is 23.1. The number of benzene rings is 1. The molecule has 218 valence electrons. The summed E-state index contributed by atoms with van der Waals surface area (Å²) >= 11 is 0. The molecule has 2 aromatic rings. The van der Waals surface area contributed by atoms with Gasteiger partial charge in [-0.05, 0) is 39.3 Å². The number of terminal acetylenes is 2. The van der Waals surface area contributed by atoms with Crippen molar-refractivity contribution in [3.05, 3.63) is 46.3 Å². The van der Waals surface area contributed by atoms with E-state index < -0.39 is 41.7 Å². The predicted octanol–water partition coefficient (Wildman–Crippen LogP) is 2.91. The van der Waals surface area contributed by atoms with Crippen LogP contribution >= 0.6 is 0 Å². The average molecular weight is 569 g/mol. The molecule has 5 atom stereocenters. The van der Waals surface area contributed by atoms with Crippen LogP contribution in [0.3, 0.4) is 0 Å². The highest BCUT2D eigenvalue weighted by Gasteiger charge is 2.52. The molecule has 2 heterocycles. The second kappa shape index (κ2) is 13.2. The van der Waals surface area contributed by atoms with Gasteiger partial charge in [0.1, 0.15) is 35.4 Å². The number of oxime groups is 1. The summed E-state index contributed by atoms with van der Waals surface area (Å²) < 4.78 is 23.2. The molecule has 1 saturated heterocycles. The molecule has 1 aliphatic heterocycles. The van der Waals surface area contributed by atoms with Crippen LogP contribution in [-0.2, 0) is 19.1 Å². The number of nitrogens with one attached hydrogen (secondary N) is 1. The number of hydrogen-bond donors (Lipinski definition) is 3. The van der Waals surface area contributed by atoms with E-state index in [1.54, 1.807) is 26.8 Å². The Balaban J connectivity index is 1.96. The summed E-state index contributed by atoms with van der Waals surface area (Å²) in [6, 6.07) is 2.98. The lowest BCUT2D eigenvalue weighted by molar-refractivity contribution is -0.289. The molecular formula is C29H32N2O10. The first-order valence-electron chi connectivity index (χ1n) is 12.5. The number of fused-ring (bicyclic) bond motifs is 1. The number of hydroxylamine groups is 1. The molecule has 12 heteroatoms. The highest BCUT2D eigenvalue weighted by molar-refractivity contribution is 6.04. The molecule has 41 heavy (non-hydrogen) atoms. The third kappa shape index (κ3) is 6.64. The van der Waals surface area contributed by atoms with Crippen molar-refractivity contribution >= 4 is 22.8 Å². The fourth-order valence-corrected chi connectivity index (χ4v) is 4.46. The number of aromatic hydroxyl groups is 1. The van der Waals surface area contributed by atoms with Crippen molar-refractivity contribution in [1.82, 2.24) is 5.48 Å². The van der Waals surface area contributed by atoms with Crippen LogP contribution in [0.15, 0.2) is 39.2 Å². The predicted molar refractivity (Wildman–Crippen MR) is 148 cm³/mol. The Labute approximate surface area is 236 Å². The maximum atomic E-state index is 12.8. The molecule has 1 aromatic carbocycles. The summed E-state index contributed by atoms with van der Waals surface area (Å²) in [5.74, 6) is 3.74. The van der Waals surface area contributed by atoms with E-state index in [4.69, 9.17) is 41.1 Å². The molecule has 0 saturated carbocycles. The Hall–Kier alpha value is -4.49. The van der Waals surface area contributed by atoms with Gasteiger partial charge in [-0.2, -0.15) is 5.48 Å². The van der Waals surface area contributed by atoms with Crippen LogP contribution in [0.1, 0.15) is 38.3 Å². The first-order valence-corrected chi connectivity index (χ1v) is 12.5. The topological polar surface area (TPSA) is 158 Å². The maximum absolute atomic E-state index is 12.8. The quantitative estimate of drug-likeness (QED) is 0.0972. The van der Waals surface area contributed by atoms with Crippen LogP contribution in [0, 0.1) is 37.5 Å². The molecule has 1 fully saturated rings.